The molecule has 1 fully saturated rings. The number of nitrogens with zero attached hydrogens (tertiary/aromatic N) is 2. The number of aromatic nitrogens is 1. The first kappa shape index (κ1) is 12.7. The van der Waals surface area contributed by atoms with Gasteiger partial charge in [-0.3, -0.25) is 10.1 Å². The molecule has 18 heavy (non-hydrogen) atoms. The number of anilines is 1. The molecule has 1 aliphatic rings. The van der Waals surface area contributed by atoms with Crippen LogP contribution in [0.15, 0.2) is 18.3 Å². The highest BCUT2D eigenvalue weighted by atomic mass is 16.6. The molecule has 7 nitrogen and oxygen atoms in total. The minimum Gasteiger partial charge on any atom is -0.376 e. The molecule has 1 aliphatic carbocycles. The van der Waals surface area contributed by atoms with Crippen molar-refractivity contribution in [1.29, 1.82) is 0 Å². The summed E-state index contributed by atoms with van der Waals surface area (Å²) < 4.78 is 5.52. The highest BCUT2D eigenvalue weighted by Gasteiger charge is 2.39. The van der Waals surface area contributed by atoms with Gasteiger partial charge in [-0.2, -0.15) is 0 Å². The third-order valence-electron chi connectivity index (χ3n) is 3.02. The Morgan fingerprint density at radius 1 is 1.67 bits per heavy atom. The van der Waals surface area contributed by atoms with Crippen molar-refractivity contribution in [2.24, 2.45) is 5.73 Å². The first-order chi connectivity index (χ1) is 8.61. The summed E-state index contributed by atoms with van der Waals surface area (Å²) in [5.74, 6) is 0.574. The molecule has 1 saturated carbocycles. The van der Waals surface area contributed by atoms with Gasteiger partial charge >= 0.3 is 0 Å². The molecule has 0 bridgehead atoms. The quantitative estimate of drug-likeness (QED) is 0.596. The van der Waals surface area contributed by atoms with Gasteiger partial charge in [0.25, 0.3) is 5.69 Å². The van der Waals surface area contributed by atoms with Gasteiger partial charge in [0.1, 0.15) is 12.0 Å². The van der Waals surface area contributed by atoms with E-state index in [-0.39, 0.29) is 23.9 Å². The Balaban J connectivity index is 1.98. The third kappa shape index (κ3) is 2.57. The van der Waals surface area contributed by atoms with E-state index in [9.17, 15) is 10.1 Å². The lowest BCUT2D eigenvalue weighted by Gasteiger charge is -2.42. The van der Waals surface area contributed by atoms with Crippen LogP contribution < -0.4 is 11.1 Å². The van der Waals surface area contributed by atoms with Crippen LogP contribution in [0.3, 0.4) is 0 Å². The van der Waals surface area contributed by atoms with Crippen molar-refractivity contribution in [1.82, 2.24) is 4.98 Å². The van der Waals surface area contributed by atoms with E-state index >= 15 is 0 Å². The molecule has 1 heterocycles. The van der Waals surface area contributed by atoms with E-state index in [1.807, 2.05) is 6.92 Å². The fraction of sp³-hybridized carbons (Fsp3) is 0.545. The Bertz CT molecular complexity index is 421. The maximum atomic E-state index is 10.5. The second kappa shape index (κ2) is 5.28. The minimum absolute atomic E-state index is 0.0129. The zero-order valence-corrected chi connectivity index (χ0v) is 10.1. The van der Waals surface area contributed by atoms with Gasteiger partial charge in [-0.1, -0.05) is 0 Å². The molecule has 0 spiro atoms. The molecule has 3 unspecified atom stereocenters. The van der Waals surface area contributed by atoms with Gasteiger partial charge in [0.15, 0.2) is 0 Å². The molecule has 98 valence electrons. The summed E-state index contributed by atoms with van der Waals surface area (Å²) in [5, 5.41) is 13.6. The van der Waals surface area contributed by atoms with Crippen LogP contribution in [0.2, 0.25) is 0 Å². The molecular formula is C11H16N4O3. The fourth-order valence-corrected chi connectivity index (χ4v) is 1.98. The van der Waals surface area contributed by atoms with Crippen molar-refractivity contribution in [3.8, 4) is 0 Å². The predicted molar refractivity (Wildman–Crippen MR) is 66.3 cm³/mol. The Morgan fingerprint density at radius 2 is 2.44 bits per heavy atom. The Labute approximate surface area is 104 Å². The number of nitrogens with one attached hydrogen (secondary N) is 1. The van der Waals surface area contributed by atoms with Gasteiger partial charge in [-0.05, 0) is 19.4 Å². The SMILES string of the molecule is CCOC1CC(N)C1Nc1ccc([N+](=O)[O-])cn1. The van der Waals surface area contributed by atoms with Crippen molar-refractivity contribution in [3.05, 3.63) is 28.4 Å². The van der Waals surface area contributed by atoms with Crippen LogP contribution in [-0.2, 0) is 4.74 Å². The number of nitro groups is 1. The molecule has 2 rings (SSSR count). The summed E-state index contributed by atoms with van der Waals surface area (Å²) in [6, 6.07) is 3.03. The van der Waals surface area contributed by atoms with E-state index in [1.54, 1.807) is 6.07 Å². The summed E-state index contributed by atoms with van der Waals surface area (Å²) in [6.07, 6.45) is 2.13. The zero-order valence-electron chi connectivity index (χ0n) is 10.1. The Kier molecular flexibility index (Phi) is 3.73. The van der Waals surface area contributed by atoms with Gasteiger partial charge < -0.3 is 15.8 Å². The number of hydrogen-bond donors (Lipinski definition) is 2. The van der Waals surface area contributed by atoms with E-state index in [0.717, 1.165) is 6.42 Å². The average Bonchev–Trinajstić information content (AvgIpc) is 2.36. The van der Waals surface area contributed by atoms with Crippen molar-refractivity contribution in [3.63, 3.8) is 0 Å². The third-order valence-corrected chi connectivity index (χ3v) is 3.02. The van der Waals surface area contributed by atoms with Crippen LogP contribution >= 0.6 is 0 Å². The normalized spacial score (nSPS) is 26.4. The van der Waals surface area contributed by atoms with E-state index in [1.165, 1.54) is 12.3 Å². The molecule has 1 aromatic rings. The highest BCUT2D eigenvalue weighted by Crippen LogP contribution is 2.26. The molecular weight excluding hydrogens is 236 g/mol. The topological polar surface area (TPSA) is 103 Å². The first-order valence-electron chi connectivity index (χ1n) is 5.86. The fourth-order valence-electron chi connectivity index (χ4n) is 1.98. The molecule has 0 amide bonds. The lowest BCUT2D eigenvalue weighted by molar-refractivity contribution is -0.385. The van der Waals surface area contributed by atoms with Crippen LogP contribution in [0.1, 0.15) is 13.3 Å². The van der Waals surface area contributed by atoms with Crippen LogP contribution in [0.5, 0.6) is 0 Å². The second-order valence-corrected chi connectivity index (χ2v) is 4.22. The maximum Gasteiger partial charge on any atom is 0.287 e. The molecule has 0 saturated heterocycles. The average molecular weight is 252 g/mol. The summed E-state index contributed by atoms with van der Waals surface area (Å²) in [6.45, 7) is 2.58. The highest BCUT2D eigenvalue weighted by molar-refractivity contribution is 5.42. The monoisotopic (exact) mass is 252 g/mol. The van der Waals surface area contributed by atoms with E-state index in [2.05, 4.69) is 10.3 Å². The maximum absolute atomic E-state index is 10.5. The molecule has 3 atom stereocenters. The van der Waals surface area contributed by atoms with Gasteiger partial charge in [0.2, 0.25) is 0 Å². The van der Waals surface area contributed by atoms with E-state index < -0.39 is 4.92 Å². The molecule has 0 radical (unpaired) electrons. The molecule has 7 heteroatoms. The van der Waals surface area contributed by atoms with Crippen LogP contribution in [0.25, 0.3) is 0 Å². The number of hydrogen-bond acceptors (Lipinski definition) is 6. The van der Waals surface area contributed by atoms with Gasteiger partial charge in [0, 0.05) is 18.7 Å². The first-order valence-corrected chi connectivity index (χ1v) is 5.86. The minimum atomic E-state index is -0.477. The van der Waals surface area contributed by atoms with E-state index in [4.69, 9.17) is 10.5 Å². The second-order valence-electron chi connectivity index (χ2n) is 4.22. The van der Waals surface area contributed by atoms with Crippen LogP contribution in [-0.4, -0.2) is 34.7 Å². The summed E-state index contributed by atoms with van der Waals surface area (Å²) in [4.78, 5) is 14.0. The molecule has 3 N–H and O–H groups in total. The Morgan fingerprint density at radius 3 is 2.94 bits per heavy atom. The molecule has 0 aliphatic heterocycles. The summed E-state index contributed by atoms with van der Waals surface area (Å²) in [5.41, 5.74) is 5.86. The van der Waals surface area contributed by atoms with Crippen LogP contribution in [0.4, 0.5) is 11.5 Å². The number of nitrogens with two attached hydrogens (primary N) is 1. The van der Waals surface area contributed by atoms with Crippen molar-refractivity contribution < 1.29 is 9.66 Å². The largest absolute Gasteiger partial charge is 0.376 e. The Hall–Kier alpha value is -1.73. The standard InChI is InChI=1S/C11H16N4O3/c1-2-18-9-5-8(12)11(9)14-10-4-3-7(6-13-10)15(16)17/h3-4,6,8-9,11H,2,5,12H2,1H3,(H,13,14). The molecule has 1 aromatic heterocycles. The predicted octanol–water partition coefficient (Wildman–Crippen LogP) is 0.906. The summed E-state index contributed by atoms with van der Waals surface area (Å²) in [7, 11) is 0. The van der Waals surface area contributed by atoms with Crippen LogP contribution in [0, 0.1) is 10.1 Å². The lowest BCUT2D eigenvalue weighted by atomic mass is 9.83. The zero-order chi connectivity index (χ0) is 13.1. The molecule has 0 aromatic carbocycles. The van der Waals surface area contributed by atoms with Gasteiger partial charge in [-0.25, -0.2) is 4.98 Å². The van der Waals surface area contributed by atoms with Crippen molar-refractivity contribution >= 4 is 11.5 Å². The van der Waals surface area contributed by atoms with Crippen molar-refractivity contribution in [2.75, 3.05) is 11.9 Å². The number of rotatable bonds is 5. The lowest BCUT2D eigenvalue weighted by Crippen LogP contribution is -2.60. The van der Waals surface area contributed by atoms with Gasteiger partial charge in [0.05, 0.1) is 17.1 Å². The van der Waals surface area contributed by atoms with E-state index in [0.29, 0.717) is 12.4 Å². The number of pyridine rings is 1. The number of ether oxygens (including phenoxy) is 1. The van der Waals surface area contributed by atoms with Crippen molar-refractivity contribution in [2.45, 2.75) is 31.5 Å². The van der Waals surface area contributed by atoms with Gasteiger partial charge in [-0.15, -0.1) is 0 Å². The smallest absolute Gasteiger partial charge is 0.287 e. The summed E-state index contributed by atoms with van der Waals surface area (Å²) >= 11 is 0.